The molecule has 0 spiro atoms. The molecule has 38 heavy (non-hydrogen) atoms. The number of nitrogens with zero attached hydrogens (tertiary/aromatic N) is 3. The van der Waals surface area contributed by atoms with Crippen LogP contribution in [0.15, 0.2) is 66.2 Å². The molecular weight excluding hydrogens is 502 g/mol. The summed E-state index contributed by atoms with van der Waals surface area (Å²) in [7, 11) is 1.98. The van der Waals surface area contributed by atoms with Gasteiger partial charge in [0.05, 0.1) is 36.1 Å². The van der Waals surface area contributed by atoms with Gasteiger partial charge < -0.3 is 19.5 Å². The Morgan fingerprint density at radius 1 is 1.03 bits per heavy atom. The maximum Gasteiger partial charge on any atom is 0.336 e. The number of ether oxygens (including phenoxy) is 2. The second-order valence-corrected chi connectivity index (χ2v) is 9.61. The van der Waals surface area contributed by atoms with Gasteiger partial charge in [-0.2, -0.15) is 8.75 Å². The van der Waals surface area contributed by atoms with Crippen LogP contribution >= 0.6 is 11.7 Å². The topological polar surface area (TPSA) is 102 Å². The van der Waals surface area contributed by atoms with Crippen LogP contribution in [0, 0.1) is 0 Å². The van der Waals surface area contributed by atoms with Crippen molar-refractivity contribution in [1.29, 1.82) is 0 Å². The van der Waals surface area contributed by atoms with E-state index in [2.05, 4.69) is 13.6 Å². The van der Waals surface area contributed by atoms with Gasteiger partial charge in [0.1, 0.15) is 29.1 Å². The molecule has 4 aromatic rings. The summed E-state index contributed by atoms with van der Waals surface area (Å²) >= 11 is 1.06. The zero-order valence-electron chi connectivity index (χ0n) is 21.1. The summed E-state index contributed by atoms with van der Waals surface area (Å²) in [6.45, 7) is 3.94. The van der Waals surface area contributed by atoms with Gasteiger partial charge in [-0.05, 0) is 66.1 Å². The predicted molar refractivity (Wildman–Crippen MR) is 147 cm³/mol. The zero-order valence-corrected chi connectivity index (χ0v) is 22.0. The van der Waals surface area contributed by atoms with Crippen molar-refractivity contribution in [2.75, 3.05) is 31.7 Å². The van der Waals surface area contributed by atoms with E-state index in [1.54, 1.807) is 42.5 Å². The Balaban J connectivity index is 1.61. The van der Waals surface area contributed by atoms with Crippen LogP contribution < -0.4 is 14.4 Å². The van der Waals surface area contributed by atoms with Crippen LogP contribution in [0.2, 0.25) is 0 Å². The smallest absolute Gasteiger partial charge is 0.336 e. The number of ketones is 1. The van der Waals surface area contributed by atoms with Gasteiger partial charge in [-0.3, -0.25) is 4.79 Å². The molecule has 1 aliphatic heterocycles. The number of carbonyl (C=O) groups excluding carboxylic acids is 1. The second-order valence-electron chi connectivity index (χ2n) is 9.08. The van der Waals surface area contributed by atoms with Crippen molar-refractivity contribution in [3.8, 4) is 11.5 Å². The summed E-state index contributed by atoms with van der Waals surface area (Å²) in [5, 5.41) is 10.4. The largest absolute Gasteiger partial charge is 0.494 e. The van der Waals surface area contributed by atoms with E-state index in [9.17, 15) is 14.7 Å². The van der Waals surface area contributed by atoms with Gasteiger partial charge in [-0.1, -0.05) is 19.1 Å². The van der Waals surface area contributed by atoms with E-state index >= 15 is 0 Å². The van der Waals surface area contributed by atoms with Gasteiger partial charge in [-0.25, -0.2) is 4.79 Å². The number of hydrogen-bond acceptors (Lipinski definition) is 8. The van der Waals surface area contributed by atoms with Crippen LogP contribution in [-0.4, -0.2) is 52.4 Å². The van der Waals surface area contributed by atoms with Crippen LogP contribution in [0.4, 0.5) is 5.69 Å². The Kier molecular flexibility index (Phi) is 7.37. The van der Waals surface area contributed by atoms with E-state index in [1.165, 1.54) is 0 Å². The number of fused-ring (bicyclic) bond motifs is 2. The minimum atomic E-state index is -1.18. The fourth-order valence-corrected chi connectivity index (χ4v) is 4.97. The number of anilines is 1. The number of rotatable bonds is 9. The number of hydrogen-bond donors (Lipinski definition) is 1. The molecule has 9 heteroatoms. The maximum absolute atomic E-state index is 13.9. The Morgan fingerprint density at radius 2 is 1.79 bits per heavy atom. The molecule has 0 unspecified atom stereocenters. The Labute approximate surface area is 224 Å². The molecule has 1 aromatic heterocycles. The molecule has 0 saturated heterocycles. The first-order valence-corrected chi connectivity index (χ1v) is 13.1. The highest BCUT2D eigenvalue weighted by atomic mass is 32.1. The number of aliphatic carboxylic acids is 1. The molecule has 194 valence electrons. The van der Waals surface area contributed by atoms with Gasteiger partial charge in [0.15, 0.2) is 5.78 Å². The third-order valence-electron chi connectivity index (χ3n) is 6.42. The number of Topliss-reactive ketones (excluding diaryl/α,β-unsaturated/α-hetero) is 1. The fraction of sp³-hybridized carbons (Fsp3) is 0.241. The first-order chi connectivity index (χ1) is 18.4. The van der Waals surface area contributed by atoms with E-state index in [-0.39, 0.29) is 23.4 Å². The molecule has 0 atom stereocenters. The van der Waals surface area contributed by atoms with E-state index in [4.69, 9.17) is 9.47 Å². The number of allylic oxidation sites excluding steroid dienone is 1. The van der Waals surface area contributed by atoms with Crippen molar-refractivity contribution in [2.24, 2.45) is 0 Å². The molecule has 0 fully saturated rings. The van der Waals surface area contributed by atoms with Gasteiger partial charge in [-0.15, -0.1) is 0 Å². The number of carbonyl (C=O) groups is 2. The summed E-state index contributed by atoms with van der Waals surface area (Å²) < 4.78 is 19.9. The Hall–Kier alpha value is -4.24. The molecule has 1 aliphatic rings. The minimum absolute atomic E-state index is 0.0569. The van der Waals surface area contributed by atoms with Crippen molar-refractivity contribution >= 4 is 45.8 Å². The van der Waals surface area contributed by atoms with Gasteiger partial charge in [0, 0.05) is 24.6 Å². The van der Waals surface area contributed by atoms with E-state index in [1.807, 2.05) is 32.2 Å². The lowest BCUT2D eigenvalue weighted by Crippen LogP contribution is -2.28. The summed E-state index contributed by atoms with van der Waals surface area (Å²) in [5.74, 6) is -0.117. The van der Waals surface area contributed by atoms with Crippen molar-refractivity contribution in [3.63, 3.8) is 0 Å². The summed E-state index contributed by atoms with van der Waals surface area (Å²) in [6, 6.07) is 17.6. The van der Waals surface area contributed by atoms with E-state index < -0.39 is 5.97 Å². The molecule has 5 rings (SSSR count). The average molecular weight is 530 g/mol. The standard InChI is InChI=1S/C29H27N3O5S/c1-3-13-36-21-8-5-19(6-9-21)28(33)22(15-18-4-11-26-25(16-18)32(2)12-14-37-26)27(29(34)35)20-7-10-23-24(17-20)31-38-30-23/h4-11,16-17H,3,12-15H2,1-2H3,(H,34,35). The zero-order chi connectivity index (χ0) is 26.6. The highest BCUT2D eigenvalue weighted by Crippen LogP contribution is 2.34. The van der Waals surface area contributed by atoms with Crippen LogP contribution in [0.5, 0.6) is 11.5 Å². The normalized spacial score (nSPS) is 13.5. The van der Waals surface area contributed by atoms with Crippen molar-refractivity contribution in [3.05, 3.63) is 82.9 Å². The lowest BCUT2D eigenvalue weighted by atomic mass is 9.89. The number of carboxylic acid groups (broad SMARTS) is 1. The van der Waals surface area contributed by atoms with Crippen LogP contribution in [0.1, 0.15) is 34.8 Å². The molecule has 3 aromatic carbocycles. The molecule has 1 N–H and O–H groups in total. The van der Waals surface area contributed by atoms with E-state index in [0.29, 0.717) is 41.1 Å². The van der Waals surface area contributed by atoms with Crippen LogP contribution in [-0.2, 0) is 11.2 Å². The molecule has 0 bridgehead atoms. The highest BCUT2D eigenvalue weighted by molar-refractivity contribution is 7.00. The summed E-state index contributed by atoms with van der Waals surface area (Å²) in [5.41, 5.74) is 3.90. The number of carboxylic acids is 1. The molecule has 0 amide bonds. The first-order valence-electron chi connectivity index (χ1n) is 12.4. The summed E-state index contributed by atoms with van der Waals surface area (Å²) in [6.07, 6.45) is 0.998. The number of benzene rings is 3. The summed E-state index contributed by atoms with van der Waals surface area (Å²) in [4.78, 5) is 28.7. The predicted octanol–water partition coefficient (Wildman–Crippen LogP) is 5.27. The molecule has 2 heterocycles. The van der Waals surface area contributed by atoms with Crippen molar-refractivity contribution < 1.29 is 24.2 Å². The molecule has 0 saturated carbocycles. The minimum Gasteiger partial charge on any atom is -0.494 e. The number of likely N-dealkylation sites (N-methyl/N-ethyl adjacent to an activating group) is 1. The fourth-order valence-electron chi connectivity index (χ4n) is 4.45. The average Bonchev–Trinajstić information content (AvgIpc) is 3.40. The monoisotopic (exact) mass is 529 g/mol. The number of aromatic nitrogens is 2. The van der Waals surface area contributed by atoms with E-state index in [0.717, 1.165) is 41.7 Å². The van der Waals surface area contributed by atoms with Gasteiger partial charge in [0.2, 0.25) is 0 Å². The van der Waals surface area contributed by atoms with Crippen molar-refractivity contribution in [1.82, 2.24) is 8.75 Å². The Bertz CT molecular complexity index is 1530. The SMILES string of the molecule is CCCOc1ccc(C(=O)C(Cc2ccc3c(c2)N(C)CCO3)=C(C(=O)O)c2ccc3nsnc3c2)cc1. The first kappa shape index (κ1) is 25.4. The maximum atomic E-state index is 13.9. The molecule has 0 radical (unpaired) electrons. The lowest BCUT2D eigenvalue weighted by molar-refractivity contribution is -0.130. The quantitative estimate of drug-likeness (QED) is 0.231. The third kappa shape index (κ3) is 5.24. The van der Waals surface area contributed by atoms with Crippen LogP contribution in [0.25, 0.3) is 16.6 Å². The molecular formula is C29H27N3O5S. The van der Waals surface area contributed by atoms with Crippen LogP contribution in [0.3, 0.4) is 0 Å². The van der Waals surface area contributed by atoms with Gasteiger partial charge >= 0.3 is 5.97 Å². The Morgan fingerprint density at radius 3 is 2.55 bits per heavy atom. The molecule has 0 aliphatic carbocycles. The highest BCUT2D eigenvalue weighted by Gasteiger charge is 2.25. The van der Waals surface area contributed by atoms with Gasteiger partial charge in [0.25, 0.3) is 0 Å². The lowest BCUT2D eigenvalue weighted by Gasteiger charge is -2.28. The van der Waals surface area contributed by atoms with Crippen molar-refractivity contribution in [2.45, 2.75) is 19.8 Å². The molecule has 8 nitrogen and oxygen atoms in total. The third-order valence-corrected chi connectivity index (χ3v) is 6.98. The second kappa shape index (κ2) is 11.0.